The molecule has 15 heavy (non-hydrogen) atoms. The molecule has 7 heteroatoms. The molecule has 0 radical (unpaired) electrons. The van der Waals surface area contributed by atoms with Gasteiger partial charge in [-0.25, -0.2) is 18.6 Å². The summed E-state index contributed by atoms with van der Waals surface area (Å²) in [4.78, 5) is 13.9. The Morgan fingerprint density at radius 2 is 2.20 bits per heavy atom. The minimum absolute atomic E-state index is 0.478. The molecule has 0 aliphatic rings. The van der Waals surface area contributed by atoms with Gasteiger partial charge in [0.25, 0.3) is 12.4 Å². The second kappa shape index (κ2) is 4.16. The Morgan fingerprint density at radius 1 is 1.60 bits per heavy atom. The van der Waals surface area contributed by atoms with E-state index in [0.29, 0.717) is 6.20 Å². The fourth-order valence-electron chi connectivity index (χ4n) is 0.974. The first kappa shape index (κ1) is 11.3. The van der Waals surface area contributed by atoms with Gasteiger partial charge in [-0.15, -0.1) is 0 Å². The zero-order valence-corrected chi connectivity index (χ0v) is 7.50. The monoisotopic (exact) mass is 221 g/mol. The van der Waals surface area contributed by atoms with Crippen LogP contribution < -0.4 is 0 Å². The first-order chi connectivity index (χ1) is 6.99. The van der Waals surface area contributed by atoms with Gasteiger partial charge in [-0.2, -0.15) is 4.39 Å². The van der Waals surface area contributed by atoms with Crippen LogP contribution in [0.1, 0.15) is 22.3 Å². The predicted octanol–water partition coefficient (Wildman–Crippen LogP) is 1.65. The lowest BCUT2D eigenvalue weighted by molar-refractivity contribution is 0.0583. The Morgan fingerprint density at radius 3 is 2.67 bits per heavy atom. The minimum Gasteiger partial charge on any atom is -0.503 e. The molecule has 0 aromatic carbocycles. The molecule has 1 aromatic heterocycles. The number of alkyl halides is 2. The lowest BCUT2D eigenvalue weighted by atomic mass is 10.1. The maximum absolute atomic E-state index is 12.7. The van der Waals surface area contributed by atoms with Gasteiger partial charge in [0, 0.05) is 6.20 Å². The molecule has 0 aliphatic heterocycles. The molecule has 0 saturated heterocycles. The zero-order valence-electron chi connectivity index (χ0n) is 7.50. The number of aromatic nitrogens is 1. The second-order valence-corrected chi connectivity index (χ2v) is 2.52. The summed E-state index contributed by atoms with van der Waals surface area (Å²) in [6.45, 7) is 0. The molecule has 0 fully saturated rings. The van der Waals surface area contributed by atoms with Crippen LogP contribution in [0.2, 0.25) is 0 Å². The summed E-state index contributed by atoms with van der Waals surface area (Å²) in [6.07, 6.45) is -2.58. The van der Waals surface area contributed by atoms with Gasteiger partial charge in [-0.1, -0.05) is 0 Å². The van der Waals surface area contributed by atoms with Crippen LogP contribution in [-0.4, -0.2) is 23.2 Å². The Hall–Kier alpha value is -1.79. The van der Waals surface area contributed by atoms with E-state index >= 15 is 0 Å². The van der Waals surface area contributed by atoms with Crippen molar-refractivity contribution in [2.75, 3.05) is 7.11 Å². The Kier molecular flexibility index (Phi) is 3.13. The molecule has 1 N–H and O–H groups in total. The van der Waals surface area contributed by atoms with Crippen molar-refractivity contribution in [2.24, 2.45) is 0 Å². The van der Waals surface area contributed by atoms with Crippen molar-refractivity contribution in [3.63, 3.8) is 0 Å². The standard InChI is InChI=1S/C8H6F3NO3/c1-15-8(14)4-3(6(9)10)2-12-7(11)5(4)13/h2,6,13H,1H3. The van der Waals surface area contributed by atoms with Gasteiger partial charge in [0.05, 0.1) is 12.7 Å². The second-order valence-electron chi connectivity index (χ2n) is 2.52. The molecule has 0 aliphatic carbocycles. The Bertz CT molecular complexity index is 395. The van der Waals surface area contributed by atoms with E-state index < -0.39 is 35.2 Å². The number of rotatable bonds is 2. The van der Waals surface area contributed by atoms with Crippen LogP contribution in [-0.2, 0) is 4.74 Å². The largest absolute Gasteiger partial charge is 0.503 e. The molecule has 0 bridgehead atoms. The van der Waals surface area contributed by atoms with Gasteiger partial charge in [-0.05, 0) is 0 Å². The van der Waals surface area contributed by atoms with Crippen molar-refractivity contribution >= 4 is 5.97 Å². The lowest BCUT2D eigenvalue weighted by Gasteiger charge is -2.08. The lowest BCUT2D eigenvalue weighted by Crippen LogP contribution is -2.08. The number of aromatic hydroxyl groups is 1. The summed E-state index contributed by atoms with van der Waals surface area (Å²) in [5.41, 5.74) is -1.78. The third-order valence-electron chi connectivity index (χ3n) is 1.66. The van der Waals surface area contributed by atoms with Gasteiger partial charge in [-0.3, -0.25) is 0 Å². The SMILES string of the molecule is COC(=O)c1c(C(F)F)cnc(F)c1O. The van der Waals surface area contributed by atoms with Crippen LogP contribution in [0.3, 0.4) is 0 Å². The maximum Gasteiger partial charge on any atom is 0.342 e. The van der Waals surface area contributed by atoms with Crippen LogP contribution in [0.15, 0.2) is 6.20 Å². The highest BCUT2D eigenvalue weighted by molar-refractivity contribution is 5.93. The molecular formula is C8H6F3NO3. The fourth-order valence-corrected chi connectivity index (χ4v) is 0.974. The maximum atomic E-state index is 12.7. The average Bonchev–Trinajstić information content (AvgIpc) is 2.20. The number of hydrogen-bond acceptors (Lipinski definition) is 4. The Balaban J connectivity index is 3.41. The molecule has 0 spiro atoms. The molecule has 1 rings (SSSR count). The first-order valence-corrected chi connectivity index (χ1v) is 3.72. The average molecular weight is 221 g/mol. The highest BCUT2D eigenvalue weighted by atomic mass is 19.3. The summed E-state index contributed by atoms with van der Waals surface area (Å²) in [7, 11) is 0.926. The van der Waals surface area contributed by atoms with Crippen LogP contribution in [0.4, 0.5) is 13.2 Å². The topological polar surface area (TPSA) is 59.4 Å². The first-order valence-electron chi connectivity index (χ1n) is 3.72. The summed E-state index contributed by atoms with van der Waals surface area (Å²) < 4.78 is 41.6. The van der Waals surface area contributed by atoms with Crippen LogP contribution in [0.25, 0.3) is 0 Å². The van der Waals surface area contributed by atoms with E-state index in [1.54, 1.807) is 0 Å². The zero-order chi connectivity index (χ0) is 11.6. The third-order valence-corrected chi connectivity index (χ3v) is 1.66. The molecule has 82 valence electrons. The smallest absolute Gasteiger partial charge is 0.342 e. The number of halogens is 3. The van der Waals surface area contributed by atoms with E-state index in [1.165, 1.54) is 0 Å². The number of carbonyl (C=O) groups excluding carboxylic acids is 1. The van der Waals surface area contributed by atoms with Crippen molar-refractivity contribution < 1.29 is 27.8 Å². The number of esters is 1. The number of ether oxygens (including phenoxy) is 1. The van der Waals surface area contributed by atoms with Crippen LogP contribution in [0, 0.1) is 5.95 Å². The molecule has 0 amide bonds. The minimum atomic E-state index is -3.06. The summed E-state index contributed by atoms with van der Waals surface area (Å²) in [5, 5.41) is 9.06. The third kappa shape index (κ3) is 2.00. The van der Waals surface area contributed by atoms with Crippen molar-refractivity contribution in [3.05, 3.63) is 23.3 Å². The number of hydrogen-bond donors (Lipinski definition) is 1. The number of carbonyl (C=O) groups is 1. The van der Waals surface area contributed by atoms with Crippen molar-refractivity contribution in [2.45, 2.75) is 6.43 Å². The quantitative estimate of drug-likeness (QED) is 0.609. The molecule has 1 aromatic rings. The van der Waals surface area contributed by atoms with Crippen molar-refractivity contribution in [1.29, 1.82) is 0 Å². The summed E-state index contributed by atoms with van der Waals surface area (Å²) in [6, 6.07) is 0. The molecule has 0 unspecified atom stereocenters. The highest BCUT2D eigenvalue weighted by Gasteiger charge is 2.26. The summed E-state index contributed by atoms with van der Waals surface area (Å²) in [5.74, 6) is -3.89. The number of nitrogens with zero attached hydrogens (tertiary/aromatic N) is 1. The van der Waals surface area contributed by atoms with E-state index in [1.807, 2.05) is 0 Å². The van der Waals surface area contributed by atoms with Crippen LogP contribution in [0.5, 0.6) is 5.75 Å². The van der Waals surface area contributed by atoms with Gasteiger partial charge in [0.2, 0.25) is 0 Å². The van der Waals surface area contributed by atoms with Crippen molar-refractivity contribution in [1.82, 2.24) is 4.98 Å². The van der Waals surface area contributed by atoms with Gasteiger partial charge >= 0.3 is 5.97 Å². The molecule has 4 nitrogen and oxygen atoms in total. The summed E-state index contributed by atoms with van der Waals surface area (Å²) >= 11 is 0. The van der Waals surface area contributed by atoms with E-state index in [2.05, 4.69) is 9.72 Å². The molecular weight excluding hydrogens is 215 g/mol. The van der Waals surface area contributed by atoms with Crippen LogP contribution >= 0.6 is 0 Å². The van der Waals surface area contributed by atoms with Gasteiger partial charge in [0.1, 0.15) is 5.56 Å². The molecule has 0 saturated carbocycles. The van der Waals surface area contributed by atoms with E-state index in [4.69, 9.17) is 5.11 Å². The molecule has 1 heterocycles. The Labute approximate surface area is 82.3 Å². The van der Waals surface area contributed by atoms with Crippen molar-refractivity contribution in [3.8, 4) is 5.75 Å². The van der Waals surface area contributed by atoms with E-state index in [-0.39, 0.29) is 0 Å². The van der Waals surface area contributed by atoms with Gasteiger partial charge in [0.15, 0.2) is 5.75 Å². The number of pyridine rings is 1. The normalized spacial score (nSPS) is 10.5. The fraction of sp³-hybridized carbons (Fsp3) is 0.250. The van der Waals surface area contributed by atoms with E-state index in [9.17, 15) is 18.0 Å². The molecule has 0 atom stereocenters. The highest BCUT2D eigenvalue weighted by Crippen LogP contribution is 2.30. The number of methoxy groups -OCH3 is 1. The van der Waals surface area contributed by atoms with Gasteiger partial charge < -0.3 is 9.84 Å². The van der Waals surface area contributed by atoms with E-state index in [0.717, 1.165) is 7.11 Å². The predicted molar refractivity (Wildman–Crippen MR) is 42.2 cm³/mol.